The predicted molar refractivity (Wildman–Crippen MR) is 86.1 cm³/mol. The highest BCUT2D eigenvalue weighted by molar-refractivity contribution is 8.46. The zero-order valence-electron chi connectivity index (χ0n) is 13.0. The summed E-state index contributed by atoms with van der Waals surface area (Å²) >= 11 is 0. The third kappa shape index (κ3) is 3.91. The highest BCUT2D eigenvalue weighted by Crippen LogP contribution is 3.02. The average molecular weight is 462 g/mol. The SMILES string of the molecule is Nc1ccc(S(F)(F)(F)(F)F)cc1-n1nc2ccc(S(F)(F)(F)(F)F)cc2n1. The molecule has 0 aliphatic carbocycles. The molecule has 0 bridgehead atoms. The molecule has 0 aliphatic rings. The lowest BCUT2D eigenvalue weighted by atomic mass is 10.3. The van der Waals surface area contributed by atoms with Crippen LogP contribution in [0.5, 0.6) is 0 Å². The topological polar surface area (TPSA) is 56.7 Å². The molecule has 4 nitrogen and oxygen atoms in total. The Labute approximate surface area is 149 Å². The largest absolute Gasteiger partial charge is 0.397 e. The molecule has 3 rings (SSSR count). The predicted octanol–water partition coefficient (Wildman–Crippen LogP) is 7.32. The minimum Gasteiger partial charge on any atom is -0.397 e. The Kier molecular flexibility index (Phi) is 3.12. The smallest absolute Gasteiger partial charge is 0.310 e. The van der Waals surface area contributed by atoms with E-state index in [1.165, 1.54) is 0 Å². The van der Waals surface area contributed by atoms with E-state index >= 15 is 0 Å². The second-order valence-electron chi connectivity index (χ2n) is 5.80. The standard InChI is InChI=1S/C12H8F10N4S2/c13-27(14,15,16,17)7-2-4-10-11(5-7)25-26(24-10)12-6-8(1-3-9(12)23)28(18,19,20,21)22/h1-6H,23H2. The van der Waals surface area contributed by atoms with Gasteiger partial charge in [0.1, 0.15) is 26.5 Å². The fourth-order valence-corrected chi connectivity index (χ4v) is 3.50. The van der Waals surface area contributed by atoms with Gasteiger partial charge >= 0.3 is 20.4 Å². The van der Waals surface area contributed by atoms with Crippen LogP contribution in [0.15, 0.2) is 46.2 Å². The maximum absolute atomic E-state index is 13.0. The van der Waals surface area contributed by atoms with Crippen LogP contribution in [0.25, 0.3) is 16.7 Å². The molecule has 0 saturated heterocycles. The quantitative estimate of drug-likeness (QED) is 0.328. The molecular weight excluding hydrogens is 454 g/mol. The minimum absolute atomic E-state index is 0.0236. The summed E-state index contributed by atoms with van der Waals surface area (Å²) in [7, 11) is -20.1. The van der Waals surface area contributed by atoms with Crippen molar-refractivity contribution in [3.05, 3.63) is 36.4 Å². The van der Waals surface area contributed by atoms with Crippen LogP contribution in [0.3, 0.4) is 0 Å². The molecule has 0 spiro atoms. The number of halogens is 10. The van der Waals surface area contributed by atoms with E-state index in [0.29, 0.717) is 12.1 Å². The van der Waals surface area contributed by atoms with Crippen LogP contribution in [-0.2, 0) is 0 Å². The summed E-state index contributed by atoms with van der Waals surface area (Å²) in [5.41, 5.74) is 2.91. The third-order valence-corrected chi connectivity index (χ3v) is 5.75. The van der Waals surface area contributed by atoms with Gasteiger partial charge in [-0.25, -0.2) is 0 Å². The first-order valence-corrected chi connectivity index (χ1v) is 10.7. The van der Waals surface area contributed by atoms with Crippen LogP contribution in [0.4, 0.5) is 44.5 Å². The summed E-state index contributed by atoms with van der Waals surface area (Å²) in [4.78, 5) is -4.38. The summed E-state index contributed by atoms with van der Waals surface area (Å²) in [5, 5.41) is 6.87. The number of anilines is 1. The number of nitrogens with zero attached hydrogens (tertiary/aromatic N) is 3. The number of rotatable bonds is 3. The molecule has 0 atom stereocenters. The molecule has 0 aliphatic heterocycles. The van der Waals surface area contributed by atoms with Gasteiger partial charge in [-0.15, -0.1) is 15.0 Å². The lowest BCUT2D eigenvalue weighted by molar-refractivity contribution is 0.360. The van der Waals surface area contributed by atoms with Gasteiger partial charge in [-0.2, -0.15) is 0 Å². The minimum atomic E-state index is -10.1. The van der Waals surface area contributed by atoms with E-state index in [1.807, 2.05) is 0 Å². The molecule has 158 valence electrons. The van der Waals surface area contributed by atoms with Crippen molar-refractivity contribution in [2.75, 3.05) is 5.73 Å². The molecule has 1 aromatic heterocycles. The average Bonchev–Trinajstić information content (AvgIpc) is 2.85. The van der Waals surface area contributed by atoms with Gasteiger partial charge in [0.05, 0.1) is 5.69 Å². The first kappa shape index (κ1) is 20.4. The maximum atomic E-state index is 13.0. The lowest BCUT2D eigenvalue weighted by Crippen LogP contribution is -2.09. The van der Waals surface area contributed by atoms with Gasteiger partial charge in [-0.05, 0) is 36.4 Å². The summed E-state index contributed by atoms with van der Waals surface area (Å²) in [6.07, 6.45) is 0. The summed E-state index contributed by atoms with van der Waals surface area (Å²) in [6.45, 7) is 0. The number of hydrogen-bond donors (Lipinski definition) is 1. The highest BCUT2D eigenvalue weighted by Gasteiger charge is 2.66. The normalized spacial score (nSPS) is 18.2. The second kappa shape index (κ2) is 4.29. The zero-order valence-corrected chi connectivity index (χ0v) is 14.6. The van der Waals surface area contributed by atoms with Crippen LogP contribution < -0.4 is 5.73 Å². The van der Waals surface area contributed by atoms with Gasteiger partial charge in [0.15, 0.2) is 0 Å². The van der Waals surface area contributed by atoms with Crippen LogP contribution in [0, 0.1) is 0 Å². The monoisotopic (exact) mass is 462 g/mol. The zero-order chi connectivity index (χ0) is 21.5. The molecular formula is C12H8F10N4S2. The molecule has 0 saturated carbocycles. The lowest BCUT2D eigenvalue weighted by Gasteiger charge is -2.40. The van der Waals surface area contributed by atoms with E-state index in [0.717, 1.165) is 0 Å². The van der Waals surface area contributed by atoms with Crippen molar-refractivity contribution < 1.29 is 38.9 Å². The van der Waals surface area contributed by atoms with Gasteiger partial charge in [-0.1, -0.05) is 38.9 Å². The van der Waals surface area contributed by atoms with Gasteiger partial charge in [-0.3, -0.25) is 0 Å². The Morgan fingerprint density at radius 1 is 0.643 bits per heavy atom. The highest BCUT2D eigenvalue weighted by atomic mass is 32.5. The van der Waals surface area contributed by atoms with Crippen LogP contribution in [-0.4, -0.2) is 15.0 Å². The molecule has 1 heterocycles. The summed E-state index contributed by atoms with van der Waals surface area (Å²) < 4.78 is 129. The van der Waals surface area contributed by atoms with E-state index in [-0.39, 0.29) is 29.1 Å². The number of benzene rings is 2. The van der Waals surface area contributed by atoms with Gasteiger partial charge < -0.3 is 5.73 Å². The molecule has 0 radical (unpaired) electrons. The first-order valence-electron chi connectivity index (χ1n) is 6.79. The Bertz CT molecular complexity index is 1140. The molecule has 0 amide bonds. The van der Waals surface area contributed by atoms with E-state index in [9.17, 15) is 38.9 Å². The van der Waals surface area contributed by atoms with E-state index < -0.39 is 52.6 Å². The summed E-state index contributed by atoms with van der Waals surface area (Å²) in [6, 6.07) is 0.909. The Hall–Kier alpha value is -2.36. The van der Waals surface area contributed by atoms with Crippen molar-refractivity contribution in [2.45, 2.75) is 9.79 Å². The van der Waals surface area contributed by atoms with Crippen molar-refractivity contribution in [3.63, 3.8) is 0 Å². The fraction of sp³-hybridized carbons (Fsp3) is 0. The maximum Gasteiger partial charge on any atom is 0.310 e. The van der Waals surface area contributed by atoms with Crippen molar-refractivity contribution in [3.8, 4) is 5.69 Å². The molecule has 2 N–H and O–H groups in total. The van der Waals surface area contributed by atoms with Gasteiger partial charge in [0.25, 0.3) is 0 Å². The van der Waals surface area contributed by atoms with Crippen molar-refractivity contribution >= 4 is 37.2 Å². The van der Waals surface area contributed by atoms with Crippen LogP contribution >= 0.6 is 20.4 Å². The molecule has 2 aromatic carbocycles. The van der Waals surface area contributed by atoms with E-state index in [1.54, 1.807) is 0 Å². The van der Waals surface area contributed by atoms with Crippen molar-refractivity contribution in [1.82, 2.24) is 15.0 Å². The number of nitrogens with two attached hydrogens (primary N) is 1. The van der Waals surface area contributed by atoms with E-state index in [2.05, 4.69) is 10.2 Å². The second-order valence-corrected chi connectivity index (χ2v) is 10.6. The van der Waals surface area contributed by atoms with Gasteiger partial charge in [0.2, 0.25) is 0 Å². The Morgan fingerprint density at radius 3 is 1.64 bits per heavy atom. The molecule has 0 fully saturated rings. The Balaban J connectivity index is 2.22. The van der Waals surface area contributed by atoms with Crippen LogP contribution in [0.2, 0.25) is 0 Å². The first-order chi connectivity index (χ1) is 12.0. The molecule has 16 heteroatoms. The Morgan fingerprint density at radius 2 is 1.11 bits per heavy atom. The number of nitrogen functional groups attached to an aromatic ring is 1. The van der Waals surface area contributed by atoms with Crippen molar-refractivity contribution in [1.29, 1.82) is 0 Å². The molecule has 0 unspecified atom stereocenters. The molecule has 3 aromatic rings. The number of aromatic nitrogens is 3. The third-order valence-electron chi connectivity index (χ3n) is 3.46. The molecule has 28 heavy (non-hydrogen) atoms. The number of hydrogen-bond acceptors (Lipinski definition) is 3. The van der Waals surface area contributed by atoms with Crippen LogP contribution in [0.1, 0.15) is 0 Å². The van der Waals surface area contributed by atoms with Crippen molar-refractivity contribution in [2.24, 2.45) is 0 Å². The summed E-state index contributed by atoms with van der Waals surface area (Å²) in [5.74, 6) is 0. The fourth-order valence-electron chi connectivity index (χ4n) is 2.18. The number of fused-ring (bicyclic) bond motifs is 1. The van der Waals surface area contributed by atoms with Gasteiger partial charge in [0, 0.05) is 0 Å². The van der Waals surface area contributed by atoms with E-state index in [4.69, 9.17) is 5.73 Å².